The molecule has 7 rings (SSSR count). The van der Waals surface area contributed by atoms with Crippen LogP contribution in [0.4, 0.5) is 0 Å². The minimum atomic E-state index is 0.293. The second kappa shape index (κ2) is 7.47. The summed E-state index contributed by atoms with van der Waals surface area (Å²) in [6.07, 6.45) is 7.36. The smallest absolute Gasteiger partial charge is 0.116 e. The van der Waals surface area contributed by atoms with Crippen molar-refractivity contribution in [1.82, 2.24) is 19.9 Å². The van der Waals surface area contributed by atoms with Crippen LogP contribution in [0, 0.1) is 5.92 Å². The van der Waals surface area contributed by atoms with E-state index in [0.717, 1.165) is 59.9 Å². The van der Waals surface area contributed by atoms with Gasteiger partial charge in [0.2, 0.25) is 0 Å². The Morgan fingerprint density at radius 1 is 1.06 bits per heavy atom. The number of phenols is 1. The van der Waals surface area contributed by atoms with E-state index in [4.69, 9.17) is 4.98 Å². The summed E-state index contributed by atoms with van der Waals surface area (Å²) in [6.45, 7) is 4.32. The molecule has 0 unspecified atom stereocenters. The maximum atomic E-state index is 10.0. The summed E-state index contributed by atoms with van der Waals surface area (Å²) < 4.78 is 0. The SMILES string of the molecule is C/C=C1/CN2CCc3c([nH]c4ccccc34)[C@@H]2C[C@@H]1Cc1nccc2c1[nH]c1ccc(O)cc12. The predicted molar refractivity (Wildman–Crippen MR) is 137 cm³/mol. The summed E-state index contributed by atoms with van der Waals surface area (Å²) in [6, 6.07) is 16.7. The van der Waals surface area contributed by atoms with Gasteiger partial charge in [-0.3, -0.25) is 9.88 Å². The first-order valence-corrected chi connectivity index (χ1v) is 12.3. The lowest BCUT2D eigenvalue weighted by atomic mass is 9.79. The van der Waals surface area contributed by atoms with Gasteiger partial charge in [-0.1, -0.05) is 29.8 Å². The van der Waals surface area contributed by atoms with Crippen molar-refractivity contribution in [1.29, 1.82) is 0 Å². The first kappa shape index (κ1) is 19.9. The Morgan fingerprint density at radius 3 is 2.85 bits per heavy atom. The summed E-state index contributed by atoms with van der Waals surface area (Å²) in [5.74, 6) is 0.739. The third-order valence-electron chi connectivity index (χ3n) is 8.08. The van der Waals surface area contributed by atoms with Crippen molar-refractivity contribution >= 4 is 32.7 Å². The van der Waals surface area contributed by atoms with Gasteiger partial charge < -0.3 is 15.1 Å². The lowest BCUT2D eigenvalue weighted by Crippen LogP contribution is -2.43. The van der Waals surface area contributed by atoms with Crippen LogP contribution in [-0.4, -0.2) is 38.0 Å². The largest absolute Gasteiger partial charge is 0.508 e. The number of hydrogen-bond acceptors (Lipinski definition) is 3. The molecule has 3 aromatic heterocycles. The first-order chi connectivity index (χ1) is 16.7. The third-order valence-corrected chi connectivity index (χ3v) is 8.08. The fourth-order valence-electron chi connectivity index (χ4n) is 6.41. The molecule has 2 aromatic carbocycles. The molecule has 1 saturated heterocycles. The van der Waals surface area contributed by atoms with E-state index in [1.165, 1.54) is 27.7 Å². The molecular formula is C29H28N4O. The number of aromatic amines is 2. The highest BCUT2D eigenvalue weighted by Crippen LogP contribution is 2.44. The van der Waals surface area contributed by atoms with Gasteiger partial charge in [0.15, 0.2) is 0 Å². The number of nitrogens with zero attached hydrogens (tertiary/aromatic N) is 2. The van der Waals surface area contributed by atoms with Crippen LogP contribution in [0.5, 0.6) is 5.75 Å². The van der Waals surface area contributed by atoms with E-state index in [1.807, 2.05) is 24.4 Å². The molecule has 5 heteroatoms. The number of allylic oxidation sites excluding steroid dienone is 1. The van der Waals surface area contributed by atoms with E-state index in [2.05, 4.69) is 52.1 Å². The van der Waals surface area contributed by atoms with Crippen LogP contribution in [0.15, 0.2) is 66.4 Å². The Labute approximate surface area is 198 Å². The number of benzene rings is 2. The second-order valence-corrected chi connectivity index (χ2v) is 9.83. The maximum absolute atomic E-state index is 10.0. The monoisotopic (exact) mass is 448 g/mol. The average Bonchev–Trinajstić information content (AvgIpc) is 3.43. The molecule has 0 amide bonds. The number of aromatic hydroxyl groups is 1. The fraction of sp³-hybridized carbons (Fsp3) is 0.276. The number of piperidine rings is 1. The molecule has 3 N–H and O–H groups in total. The van der Waals surface area contributed by atoms with Gasteiger partial charge in [0.1, 0.15) is 5.75 Å². The van der Waals surface area contributed by atoms with Crippen LogP contribution >= 0.6 is 0 Å². The van der Waals surface area contributed by atoms with E-state index in [1.54, 1.807) is 6.07 Å². The van der Waals surface area contributed by atoms with E-state index in [9.17, 15) is 5.11 Å². The molecule has 0 radical (unpaired) electrons. The molecular weight excluding hydrogens is 420 g/mol. The van der Waals surface area contributed by atoms with Gasteiger partial charge in [-0.2, -0.15) is 0 Å². The third kappa shape index (κ3) is 2.93. The number of H-pyrrole nitrogens is 2. The van der Waals surface area contributed by atoms with Crippen molar-refractivity contribution in [2.24, 2.45) is 5.92 Å². The maximum Gasteiger partial charge on any atom is 0.116 e. The number of phenolic OH excluding ortho intramolecular Hbond substituents is 1. The van der Waals surface area contributed by atoms with Crippen LogP contribution in [0.1, 0.15) is 36.3 Å². The van der Waals surface area contributed by atoms with Crippen LogP contribution in [0.3, 0.4) is 0 Å². The van der Waals surface area contributed by atoms with Crippen molar-refractivity contribution in [2.45, 2.75) is 32.2 Å². The number of fused-ring (bicyclic) bond motifs is 8. The molecule has 5 heterocycles. The number of nitrogens with one attached hydrogen (secondary N) is 2. The molecule has 0 saturated carbocycles. The van der Waals surface area contributed by atoms with Crippen molar-refractivity contribution < 1.29 is 5.11 Å². The van der Waals surface area contributed by atoms with Crippen LogP contribution in [0.2, 0.25) is 0 Å². The van der Waals surface area contributed by atoms with Gasteiger partial charge in [-0.25, -0.2) is 0 Å². The lowest BCUT2D eigenvalue weighted by Gasteiger charge is -2.43. The minimum Gasteiger partial charge on any atom is -0.508 e. The van der Waals surface area contributed by atoms with Crippen molar-refractivity contribution in [3.8, 4) is 5.75 Å². The molecule has 2 atom stereocenters. The first-order valence-electron chi connectivity index (χ1n) is 12.3. The van der Waals surface area contributed by atoms with Gasteiger partial charge in [0.25, 0.3) is 0 Å². The Kier molecular flexibility index (Phi) is 4.36. The average molecular weight is 449 g/mol. The molecule has 0 spiro atoms. The normalized spacial score (nSPS) is 22.0. The summed E-state index contributed by atoms with van der Waals surface area (Å²) in [5, 5.41) is 13.6. The zero-order valence-corrected chi connectivity index (χ0v) is 19.3. The Morgan fingerprint density at radius 2 is 1.94 bits per heavy atom. The molecule has 2 aliphatic rings. The van der Waals surface area contributed by atoms with Crippen molar-refractivity contribution in [3.63, 3.8) is 0 Å². The zero-order valence-electron chi connectivity index (χ0n) is 19.3. The Balaban J connectivity index is 1.28. The fourth-order valence-corrected chi connectivity index (χ4v) is 6.41. The number of para-hydroxylation sites is 1. The topological polar surface area (TPSA) is 67.9 Å². The van der Waals surface area contributed by atoms with Gasteiger partial charge in [0, 0.05) is 52.2 Å². The van der Waals surface area contributed by atoms with Crippen LogP contribution < -0.4 is 0 Å². The van der Waals surface area contributed by atoms with E-state index < -0.39 is 0 Å². The number of aromatic nitrogens is 3. The highest BCUT2D eigenvalue weighted by Gasteiger charge is 2.37. The number of pyridine rings is 1. The van der Waals surface area contributed by atoms with E-state index in [0.29, 0.717) is 17.7 Å². The Hall–Kier alpha value is -3.57. The number of rotatable bonds is 2. The molecule has 5 aromatic rings. The minimum absolute atomic E-state index is 0.293. The zero-order chi connectivity index (χ0) is 22.8. The molecule has 34 heavy (non-hydrogen) atoms. The lowest BCUT2D eigenvalue weighted by molar-refractivity contribution is 0.138. The van der Waals surface area contributed by atoms with Crippen LogP contribution in [-0.2, 0) is 12.8 Å². The Bertz CT molecular complexity index is 1590. The number of hydrogen-bond donors (Lipinski definition) is 3. The summed E-state index contributed by atoms with van der Waals surface area (Å²) in [7, 11) is 0. The summed E-state index contributed by atoms with van der Waals surface area (Å²) >= 11 is 0. The van der Waals surface area contributed by atoms with Crippen molar-refractivity contribution in [3.05, 3.63) is 83.3 Å². The molecule has 0 bridgehead atoms. The van der Waals surface area contributed by atoms with Crippen LogP contribution in [0.25, 0.3) is 32.7 Å². The van der Waals surface area contributed by atoms with Crippen molar-refractivity contribution in [2.75, 3.05) is 13.1 Å². The highest BCUT2D eigenvalue weighted by molar-refractivity contribution is 6.08. The predicted octanol–water partition coefficient (Wildman–Crippen LogP) is 6.01. The molecule has 5 nitrogen and oxygen atoms in total. The van der Waals surface area contributed by atoms with Gasteiger partial charge in [-0.15, -0.1) is 0 Å². The standard InChI is InChI=1S/C29H28N4O/c1-2-17-16-33-12-10-22-20-5-3-4-6-24(20)32-29(22)27(33)14-18(17)13-26-28-21(9-11-30-26)23-15-19(34)7-8-25(23)31-28/h2-9,11,15,18,27,31-32,34H,10,12-14,16H2,1H3/b17-2-/t18-,27-/m0/s1. The molecule has 2 aliphatic heterocycles. The van der Waals surface area contributed by atoms with Gasteiger partial charge in [-0.05, 0) is 68.0 Å². The van der Waals surface area contributed by atoms with E-state index in [-0.39, 0.29) is 0 Å². The highest BCUT2D eigenvalue weighted by atomic mass is 16.3. The molecule has 0 aliphatic carbocycles. The second-order valence-electron chi connectivity index (χ2n) is 9.83. The summed E-state index contributed by atoms with van der Waals surface area (Å²) in [4.78, 5) is 14.8. The van der Waals surface area contributed by atoms with Gasteiger partial charge >= 0.3 is 0 Å². The quantitative estimate of drug-likeness (QED) is 0.290. The van der Waals surface area contributed by atoms with E-state index >= 15 is 0 Å². The van der Waals surface area contributed by atoms with Gasteiger partial charge in [0.05, 0.1) is 17.3 Å². The molecule has 1 fully saturated rings. The summed E-state index contributed by atoms with van der Waals surface area (Å²) in [5.41, 5.74) is 8.95. The molecule has 170 valence electrons.